The number of rotatable bonds is 9. The van der Waals surface area contributed by atoms with E-state index in [9.17, 15) is 26.4 Å². The number of amides is 1. The zero-order valence-corrected chi connectivity index (χ0v) is 17.3. The zero-order chi connectivity index (χ0) is 22.4. The molecule has 0 aliphatic carbocycles. The minimum Gasteiger partial charge on any atom is -0.494 e. The van der Waals surface area contributed by atoms with E-state index in [0.29, 0.717) is 17.9 Å². The highest BCUT2D eigenvalue weighted by molar-refractivity contribution is 7.89. The zero-order valence-electron chi connectivity index (χ0n) is 16.5. The van der Waals surface area contributed by atoms with Crippen LogP contribution < -0.4 is 14.8 Å². The number of halogens is 3. The van der Waals surface area contributed by atoms with E-state index in [2.05, 4.69) is 10.0 Å². The number of ether oxygens (including phenoxy) is 1. The van der Waals surface area contributed by atoms with Crippen LogP contribution >= 0.6 is 0 Å². The van der Waals surface area contributed by atoms with Gasteiger partial charge < -0.3 is 10.1 Å². The van der Waals surface area contributed by atoms with E-state index in [4.69, 9.17) is 4.74 Å². The molecule has 0 saturated heterocycles. The van der Waals surface area contributed by atoms with Gasteiger partial charge in [0, 0.05) is 13.0 Å². The average molecular weight is 444 g/mol. The van der Waals surface area contributed by atoms with Gasteiger partial charge in [0.2, 0.25) is 15.9 Å². The summed E-state index contributed by atoms with van der Waals surface area (Å²) in [4.78, 5) is 12.1. The molecule has 2 rings (SSSR count). The van der Waals surface area contributed by atoms with Crippen molar-refractivity contribution in [3.05, 3.63) is 59.7 Å². The molecule has 2 aromatic carbocycles. The molecule has 30 heavy (non-hydrogen) atoms. The van der Waals surface area contributed by atoms with Crippen molar-refractivity contribution in [2.45, 2.75) is 37.4 Å². The van der Waals surface area contributed by atoms with Crippen LogP contribution in [0.2, 0.25) is 0 Å². The maximum atomic E-state index is 12.8. The lowest BCUT2D eigenvalue weighted by atomic mass is 10.0. The van der Waals surface area contributed by atoms with E-state index < -0.39 is 33.7 Å². The Balaban J connectivity index is 1.88. The minimum absolute atomic E-state index is 0.0312. The molecule has 0 aromatic heterocycles. The van der Waals surface area contributed by atoms with Crippen LogP contribution in [0.1, 0.15) is 37.4 Å². The number of alkyl halides is 3. The summed E-state index contributed by atoms with van der Waals surface area (Å²) in [6.45, 7) is 3.66. The molecule has 1 amide bonds. The Morgan fingerprint density at radius 2 is 1.80 bits per heavy atom. The number of nitrogens with one attached hydrogen (secondary N) is 2. The highest BCUT2D eigenvalue weighted by atomic mass is 32.2. The van der Waals surface area contributed by atoms with Gasteiger partial charge in [-0.05, 0) is 55.8 Å². The Morgan fingerprint density at radius 1 is 1.13 bits per heavy atom. The summed E-state index contributed by atoms with van der Waals surface area (Å²) in [5, 5.41) is 2.56. The second kappa shape index (κ2) is 9.94. The van der Waals surface area contributed by atoms with Crippen LogP contribution in [0, 0.1) is 0 Å². The van der Waals surface area contributed by atoms with Gasteiger partial charge in [-0.1, -0.05) is 12.1 Å². The van der Waals surface area contributed by atoms with Gasteiger partial charge in [-0.25, -0.2) is 13.1 Å². The Labute approximate surface area is 173 Å². The number of hydrogen-bond donors (Lipinski definition) is 2. The SMILES string of the molecule is CCOc1ccc(S(=O)(=O)NCCC(=O)NC(C)c2cccc(C(F)(F)F)c2)cc1. The monoisotopic (exact) mass is 444 g/mol. The third-order valence-electron chi connectivity index (χ3n) is 4.18. The molecular formula is C20H23F3N2O4S. The number of carbonyl (C=O) groups excluding carboxylic acids is 1. The number of hydrogen-bond acceptors (Lipinski definition) is 4. The van der Waals surface area contributed by atoms with Crippen molar-refractivity contribution < 1.29 is 31.1 Å². The molecular weight excluding hydrogens is 421 g/mol. The Hall–Kier alpha value is -2.59. The minimum atomic E-state index is -4.47. The molecule has 6 nitrogen and oxygen atoms in total. The summed E-state index contributed by atoms with van der Waals surface area (Å²) < 4.78 is 70.6. The molecule has 0 fully saturated rings. The lowest BCUT2D eigenvalue weighted by Gasteiger charge is -2.16. The third-order valence-corrected chi connectivity index (χ3v) is 5.66. The molecule has 0 aliphatic rings. The van der Waals surface area contributed by atoms with E-state index in [1.165, 1.54) is 36.4 Å². The fourth-order valence-corrected chi connectivity index (χ4v) is 3.68. The maximum absolute atomic E-state index is 12.8. The largest absolute Gasteiger partial charge is 0.494 e. The second-order valence-electron chi connectivity index (χ2n) is 6.46. The van der Waals surface area contributed by atoms with E-state index >= 15 is 0 Å². The van der Waals surface area contributed by atoms with E-state index in [1.54, 1.807) is 6.92 Å². The van der Waals surface area contributed by atoms with Crippen molar-refractivity contribution in [2.75, 3.05) is 13.2 Å². The fraction of sp³-hybridized carbons (Fsp3) is 0.350. The highest BCUT2D eigenvalue weighted by Crippen LogP contribution is 2.30. The van der Waals surface area contributed by atoms with Crippen LogP contribution in [0.15, 0.2) is 53.4 Å². The fourth-order valence-electron chi connectivity index (χ4n) is 2.65. The summed E-state index contributed by atoms with van der Waals surface area (Å²) in [5.41, 5.74) is -0.502. The molecule has 1 atom stereocenters. The van der Waals surface area contributed by atoms with E-state index in [1.807, 2.05) is 6.92 Å². The van der Waals surface area contributed by atoms with Crippen molar-refractivity contribution >= 4 is 15.9 Å². The van der Waals surface area contributed by atoms with E-state index in [0.717, 1.165) is 12.1 Å². The molecule has 1 unspecified atom stereocenters. The molecule has 0 bridgehead atoms. The van der Waals surface area contributed by atoms with Crippen molar-refractivity contribution in [1.29, 1.82) is 0 Å². The number of sulfonamides is 1. The van der Waals surface area contributed by atoms with Crippen molar-refractivity contribution in [3.63, 3.8) is 0 Å². The van der Waals surface area contributed by atoms with Gasteiger partial charge >= 0.3 is 6.18 Å². The quantitative estimate of drug-likeness (QED) is 0.618. The number of benzene rings is 2. The summed E-state index contributed by atoms with van der Waals surface area (Å²) in [6.07, 6.45) is -4.64. The van der Waals surface area contributed by atoms with Gasteiger partial charge in [0.15, 0.2) is 0 Å². The first kappa shape index (κ1) is 23.7. The Morgan fingerprint density at radius 3 is 2.40 bits per heavy atom. The maximum Gasteiger partial charge on any atom is 0.416 e. The highest BCUT2D eigenvalue weighted by Gasteiger charge is 2.30. The van der Waals surface area contributed by atoms with Gasteiger partial charge in [-0.15, -0.1) is 0 Å². The molecule has 164 valence electrons. The third kappa shape index (κ3) is 6.74. The Kier molecular flexibility index (Phi) is 7.85. The predicted molar refractivity (Wildman–Crippen MR) is 105 cm³/mol. The molecule has 10 heteroatoms. The summed E-state index contributed by atoms with van der Waals surface area (Å²) in [7, 11) is -3.80. The molecule has 0 radical (unpaired) electrons. The molecule has 2 N–H and O–H groups in total. The van der Waals surface area contributed by atoms with Crippen LogP contribution in [0.3, 0.4) is 0 Å². The summed E-state index contributed by atoms with van der Waals surface area (Å²) in [6, 6.07) is 9.85. The number of carbonyl (C=O) groups is 1. The van der Waals surface area contributed by atoms with Crippen molar-refractivity contribution in [3.8, 4) is 5.75 Å². The first-order chi connectivity index (χ1) is 14.0. The average Bonchev–Trinajstić information content (AvgIpc) is 2.68. The molecule has 0 saturated carbocycles. The predicted octanol–water partition coefficient (Wildman–Crippen LogP) is 3.65. The topological polar surface area (TPSA) is 84.5 Å². The first-order valence-corrected chi connectivity index (χ1v) is 10.7. The summed E-state index contributed by atoms with van der Waals surface area (Å²) in [5.74, 6) is 0.0497. The molecule has 2 aromatic rings. The standard InChI is InChI=1S/C20H23F3N2O4S/c1-3-29-17-7-9-18(10-8-17)30(27,28)24-12-11-19(26)25-14(2)15-5-4-6-16(13-15)20(21,22)23/h4-10,13-14,24H,3,11-12H2,1-2H3,(H,25,26). The van der Waals surface area contributed by atoms with Gasteiger partial charge in [-0.2, -0.15) is 13.2 Å². The van der Waals surface area contributed by atoms with Crippen molar-refractivity contribution in [2.24, 2.45) is 0 Å². The van der Waals surface area contributed by atoms with Gasteiger partial charge in [0.05, 0.1) is 23.1 Å². The second-order valence-corrected chi connectivity index (χ2v) is 8.23. The van der Waals surface area contributed by atoms with Crippen LogP contribution in [0.5, 0.6) is 5.75 Å². The smallest absolute Gasteiger partial charge is 0.416 e. The normalized spacial score (nSPS) is 13.0. The lowest BCUT2D eigenvalue weighted by Crippen LogP contribution is -2.32. The first-order valence-electron chi connectivity index (χ1n) is 9.22. The van der Waals surface area contributed by atoms with Crippen LogP contribution in [-0.4, -0.2) is 27.5 Å². The van der Waals surface area contributed by atoms with E-state index in [-0.39, 0.29) is 17.9 Å². The van der Waals surface area contributed by atoms with Gasteiger partial charge in [-0.3, -0.25) is 4.79 Å². The molecule has 0 spiro atoms. The lowest BCUT2D eigenvalue weighted by molar-refractivity contribution is -0.137. The van der Waals surface area contributed by atoms with Crippen LogP contribution in [0.4, 0.5) is 13.2 Å². The molecule has 0 heterocycles. The Bertz CT molecular complexity index is 961. The van der Waals surface area contributed by atoms with Crippen LogP contribution in [0.25, 0.3) is 0 Å². The van der Waals surface area contributed by atoms with Gasteiger partial charge in [0.25, 0.3) is 0 Å². The summed E-state index contributed by atoms with van der Waals surface area (Å²) >= 11 is 0. The van der Waals surface area contributed by atoms with Gasteiger partial charge in [0.1, 0.15) is 5.75 Å². The molecule has 0 aliphatic heterocycles. The van der Waals surface area contributed by atoms with Crippen LogP contribution in [-0.2, 0) is 21.0 Å². The van der Waals surface area contributed by atoms with Crippen molar-refractivity contribution in [1.82, 2.24) is 10.0 Å².